The summed E-state index contributed by atoms with van der Waals surface area (Å²) < 4.78 is 10.8. The second kappa shape index (κ2) is 6.45. The second-order valence-electron chi connectivity index (χ2n) is 4.11. The number of nitrogens with two attached hydrogens (primary N) is 1. The van der Waals surface area contributed by atoms with Crippen LogP contribution in [0.4, 0.5) is 0 Å². The van der Waals surface area contributed by atoms with Gasteiger partial charge in [0, 0.05) is 12.6 Å². The van der Waals surface area contributed by atoms with E-state index < -0.39 is 0 Å². The molecule has 2 aromatic rings. The zero-order valence-electron chi connectivity index (χ0n) is 10.7. The molecule has 0 bridgehead atoms. The topological polar surface area (TPSA) is 44.5 Å². The summed E-state index contributed by atoms with van der Waals surface area (Å²) in [5.74, 6) is 1.36. The summed E-state index contributed by atoms with van der Waals surface area (Å²) in [7, 11) is 1.60. The van der Waals surface area contributed by atoms with Crippen molar-refractivity contribution in [2.24, 2.45) is 5.73 Å². The Labute approximate surface area is 117 Å². The number of methoxy groups -OCH3 is 1. The van der Waals surface area contributed by atoms with Crippen molar-refractivity contribution in [1.82, 2.24) is 0 Å². The molecule has 0 aromatic heterocycles. The Kier molecular flexibility index (Phi) is 4.66. The third-order valence-electron chi connectivity index (χ3n) is 2.79. The van der Waals surface area contributed by atoms with Gasteiger partial charge in [-0.15, -0.1) is 0 Å². The van der Waals surface area contributed by atoms with Crippen molar-refractivity contribution in [2.45, 2.75) is 13.2 Å². The van der Waals surface area contributed by atoms with Gasteiger partial charge in [-0.25, -0.2) is 0 Å². The van der Waals surface area contributed by atoms with Crippen molar-refractivity contribution < 1.29 is 9.47 Å². The molecule has 0 amide bonds. The van der Waals surface area contributed by atoms with Crippen LogP contribution in [0.15, 0.2) is 42.5 Å². The van der Waals surface area contributed by atoms with Crippen molar-refractivity contribution >= 4 is 11.6 Å². The number of halogens is 1. The molecule has 0 atom stereocenters. The van der Waals surface area contributed by atoms with Gasteiger partial charge in [0.2, 0.25) is 0 Å². The lowest BCUT2D eigenvalue weighted by atomic mass is 10.1. The maximum Gasteiger partial charge on any atom is 0.138 e. The van der Waals surface area contributed by atoms with E-state index in [1.165, 1.54) is 0 Å². The lowest BCUT2D eigenvalue weighted by Gasteiger charge is -2.09. The first kappa shape index (κ1) is 13.7. The predicted molar refractivity (Wildman–Crippen MR) is 76.7 cm³/mol. The molecule has 2 rings (SSSR count). The minimum Gasteiger partial charge on any atom is -0.497 e. The smallest absolute Gasteiger partial charge is 0.138 e. The highest BCUT2D eigenvalue weighted by Gasteiger charge is 2.04. The van der Waals surface area contributed by atoms with Crippen LogP contribution in [-0.2, 0) is 13.2 Å². The molecule has 0 aliphatic heterocycles. The van der Waals surface area contributed by atoms with Gasteiger partial charge in [-0.05, 0) is 23.3 Å². The van der Waals surface area contributed by atoms with Gasteiger partial charge in [0.25, 0.3) is 0 Å². The maximum absolute atomic E-state index is 6.10. The van der Waals surface area contributed by atoms with E-state index in [0.29, 0.717) is 29.7 Å². The second-order valence-corrected chi connectivity index (χ2v) is 4.51. The fourth-order valence-electron chi connectivity index (χ4n) is 1.66. The summed E-state index contributed by atoms with van der Waals surface area (Å²) in [4.78, 5) is 0. The standard InChI is InChI=1S/C15H16ClNO2/c1-18-13-6-7-15(14(16)8-13)19-10-12-4-2-11(9-17)3-5-12/h2-8H,9-10,17H2,1H3. The van der Waals surface area contributed by atoms with Crippen LogP contribution in [-0.4, -0.2) is 7.11 Å². The van der Waals surface area contributed by atoms with Crippen molar-refractivity contribution in [1.29, 1.82) is 0 Å². The van der Waals surface area contributed by atoms with Gasteiger partial charge in [0.1, 0.15) is 18.1 Å². The Bertz CT molecular complexity index is 540. The van der Waals surface area contributed by atoms with Gasteiger partial charge in [0.15, 0.2) is 0 Å². The van der Waals surface area contributed by atoms with Crippen LogP contribution in [0.5, 0.6) is 11.5 Å². The van der Waals surface area contributed by atoms with Crippen LogP contribution in [0, 0.1) is 0 Å². The molecule has 0 saturated heterocycles. The van der Waals surface area contributed by atoms with Crippen LogP contribution >= 0.6 is 11.6 Å². The molecule has 0 unspecified atom stereocenters. The normalized spacial score (nSPS) is 10.3. The zero-order valence-corrected chi connectivity index (χ0v) is 11.5. The van der Waals surface area contributed by atoms with E-state index >= 15 is 0 Å². The fourth-order valence-corrected chi connectivity index (χ4v) is 1.88. The summed E-state index contributed by atoms with van der Waals surface area (Å²) in [6.45, 7) is 1.02. The number of ether oxygens (including phenoxy) is 2. The first-order valence-electron chi connectivity index (χ1n) is 5.97. The van der Waals surface area contributed by atoms with Crippen LogP contribution in [0.3, 0.4) is 0 Å². The summed E-state index contributed by atoms with van der Waals surface area (Å²) in [6.07, 6.45) is 0. The van der Waals surface area contributed by atoms with Crippen molar-refractivity contribution in [3.8, 4) is 11.5 Å². The third kappa shape index (κ3) is 3.63. The molecule has 3 nitrogen and oxygen atoms in total. The predicted octanol–water partition coefficient (Wildman–Crippen LogP) is 3.39. The molecule has 2 N–H and O–H groups in total. The molecule has 0 aliphatic rings. The Morgan fingerprint density at radius 3 is 2.32 bits per heavy atom. The van der Waals surface area contributed by atoms with E-state index in [1.807, 2.05) is 30.3 Å². The average molecular weight is 278 g/mol. The minimum absolute atomic E-state index is 0.469. The highest BCUT2D eigenvalue weighted by molar-refractivity contribution is 6.32. The minimum atomic E-state index is 0.469. The molecule has 4 heteroatoms. The Balaban J connectivity index is 2.01. The van der Waals surface area contributed by atoms with Gasteiger partial charge in [0.05, 0.1) is 12.1 Å². The SMILES string of the molecule is COc1ccc(OCc2ccc(CN)cc2)c(Cl)c1. The molecular weight excluding hydrogens is 262 g/mol. The molecule has 0 heterocycles. The van der Waals surface area contributed by atoms with Crippen molar-refractivity contribution in [3.63, 3.8) is 0 Å². The van der Waals surface area contributed by atoms with E-state index in [0.717, 1.165) is 11.1 Å². The highest BCUT2D eigenvalue weighted by Crippen LogP contribution is 2.29. The lowest BCUT2D eigenvalue weighted by molar-refractivity contribution is 0.305. The van der Waals surface area contributed by atoms with E-state index in [1.54, 1.807) is 19.2 Å². The van der Waals surface area contributed by atoms with E-state index in [-0.39, 0.29) is 0 Å². The van der Waals surface area contributed by atoms with Crippen molar-refractivity contribution in [2.75, 3.05) is 7.11 Å². The highest BCUT2D eigenvalue weighted by atomic mass is 35.5. The Morgan fingerprint density at radius 1 is 1.05 bits per heavy atom. The molecule has 0 aliphatic carbocycles. The molecule has 2 aromatic carbocycles. The molecule has 0 radical (unpaired) electrons. The first-order chi connectivity index (χ1) is 9.22. The molecule has 19 heavy (non-hydrogen) atoms. The summed E-state index contributed by atoms with van der Waals surface area (Å²) in [5.41, 5.74) is 7.73. The lowest BCUT2D eigenvalue weighted by Crippen LogP contribution is -1.99. The molecule has 0 spiro atoms. The van der Waals surface area contributed by atoms with Crippen LogP contribution in [0.1, 0.15) is 11.1 Å². The first-order valence-corrected chi connectivity index (χ1v) is 6.35. The van der Waals surface area contributed by atoms with Crippen molar-refractivity contribution in [3.05, 3.63) is 58.6 Å². The summed E-state index contributed by atoms with van der Waals surface area (Å²) in [6, 6.07) is 13.3. The van der Waals surface area contributed by atoms with Crippen LogP contribution in [0.25, 0.3) is 0 Å². The molecule has 0 saturated carbocycles. The van der Waals surface area contributed by atoms with Gasteiger partial charge < -0.3 is 15.2 Å². The van der Waals surface area contributed by atoms with E-state index in [9.17, 15) is 0 Å². The number of hydrogen-bond acceptors (Lipinski definition) is 3. The molecular formula is C15H16ClNO2. The van der Waals surface area contributed by atoms with Gasteiger partial charge in [-0.2, -0.15) is 0 Å². The monoisotopic (exact) mass is 277 g/mol. The number of rotatable bonds is 5. The Morgan fingerprint density at radius 2 is 1.74 bits per heavy atom. The van der Waals surface area contributed by atoms with E-state index in [4.69, 9.17) is 26.8 Å². The van der Waals surface area contributed by atoms with Gasteiger partial charge >= 0.3 is 0 Å². The quantitative estimate of drug-likeness (QED) is 0.911. The molecule has 0 fully saturated rings. The summed E-state index contributed by atoms with van der Waals surface area (Å²) >= 11 is 6.10. The van der Waals surface area contributed by atoms with E-state index in [2.05, 4.69) is 0 Å². The average Bonchev–Trinajstić information content (AvgIpc) is 2.46. The van der Waals surface area contributed by atoms with Gasteiger partial charge in [-0.1, -0.05) is 35.9 Å². The maximum atomic E-state index is 6.10. The van der Waals surface area contributed by atoms with Gasteiger partial charge in [-0.3, -0.25) is 0 Å². The molecule has 100 valence electrons. The van der Waals surface area contributed by atoms with Crippen LogP contribution in [0.2, 0.25) is 5.02 Å². The summed E-state index contributed by atoms with van der Waals surface area (Å²) in [5, 5.41) is 0.540. The number of hydrogen-bond donors (Lipinski definition) is 1. The number of benzene rings is 2. The third-order valence-corrected chi connectivity index (χ3v) is 3.09. The Hall–Kier alpha value is -1.71. The largest absolute Gasteiger partial charge is 0.497 e. The van der Waals surface area contributed by atoms with Crippen LogP contribution < -0.4 is 15.2 Å². The zero-order chi connectivity index (χ0) is 13.7. The fraction of sp³-hybridized carbons (Fsp3) is 0.200.